The maximum Gasteiger partial charge on any atom is 0.305 e. The molecule has 5 heteroatoms. The van der Waals surface area contributed by atoms with Crippen LogP contribution in [0.4, 0.5) is 0 Å². The van der Waals surface area contributed by atoms with Crippen molar-refractivity contribution in [1.82, 2.24) is 5.32 Å². The third-order valence-corrected chi connectivity index (χ3v) is 2.76. The van der Waals surface area contributed by atoms with E-state index in [4.69, 9.17) is 9.84 Å². The Balaban J connectivity index is 3.43. The Hall–Kier alpha value is -1.10. The number of carbonyl (C=O) groups excluding carboxylic acids is 2. The average Bonchev–Trinajstić information content (AvgIpc) is 2.38. The number of esters is 1. The van der Waals surface area contributed by atoms with Crippen LogP contribution in [0.5, 0.6) is 0 Å². The lowest BCUT2D eigenvalue weighted by Crippen LogP contribution is -2.32. The fourth-order valence-corrected chi connectivity index (χ4v) is 1.33. The molecule has 5 nitrogen and oxygen atoms in total. The molecule has 0 spiro atoms. The van der Waals surface area contributed by atoms with Crippen LogP contribution in [0.25, 0.3) is 0 Å². The van der Waals surface area contributed by atoms with Crippen LogP contribution >= 0.6 is 0 Å². The number of carbonyl (C=O) groups is 2. The number of amides is 1. The van der Waals surface area contributed by atoms with Crippen LogP contribution in [-0.2, 0) is 14.3 Å². The summed E-state index contributed by atoms with van der Waals surface area (Å²) in [7, 11) is 0. The highest BCUT2D eigenvalue weighted by Crippen LogP contribution is 2.01. The van der Waals surface area contributed by atoms with Crippen molar-refractivity contribution in [2.24, 2.45) is 5.92 Å². The van der Waals surface area contributed by atoms with Crippen LogP contribution in [-0.4, -0.2) is 36.7 Å². The van der Waals surface area contributed by atoms with Gasteiger partial charge in [0, 0.05) is 18.9 Å². The minimum Gasteiger partial charge on any atom is -0.464 e. The van der Waals surface area contributed by atoms with Gasteiger partial charge in [-0.15, -0.1) is 0 Å². The molecule has 0 radical (unpaired) electrons. The Morgan fingerprint density at radius 2 is 2.00 bits per heavy atom. The third kappa shape index (κ3) is 8.98. The van der Waals surface area contributed by atoms with Gasteiger partial charge < -0.3 is 15.2 Å². The van der Waals surface area contributed by atoms with E-state index in [0.29, 0.717) is 13.0 Å². The lowest BCUT2D eigenvalue weighted by Gasteiger charge is -2.10. The number of unbranched alkanes of at least 4 members (excludes halogenated alkanes) is 2. The first kappa shape index (κ1) is 16.9. The maximum absolute atomic E-state index is 11.4. The second-order valence-electron chi connectivity index (χ2n) is 4.36. The normalized spacial score (nSPS) is 11.9. The van der Waals surface area contributed by atoms with Crippen molar-refractivity contribution in [1.29, 1.82) is 0 Å². The number of nitrogens with one attached hydrogen (secondary N) is 1. The van der Waals surface area contributed by atoms with Crippen molar-refractivity contribution >= 4 is 11.9 Å². The van der Waals surface area contributed by atoms with E-state index in [-0.39, 0.29) is 31.0 Å². The van der Waals surface area contributed by atoms with Crippen LogP contribution in [0.2, 0.25) is 0 Å². The highest BCUT2D eigenvalue weighted by molar-refractivity contribution is 5.78. The molecule has 106 valence electrons. The number of rotatable bonds is 10. The van der Waals surface area contributed by atoms with Crippen molar-refractivity contribution in [3.05, 3.63) is 0 Å². The number of hydrogen-bond acceptors (Lipinski definition) is 4. The molecule has 1 amide bonds. The topological polar surface area (TPSA) is 75.6 Å². The van der Waals surface area contributed by atoms with Gasteiger partial charge >= 0.3 is 5.97 Å². The first-order valence-corrected chi connectivity index (χ1v) is 6.66. The first-order valence-electron chi connectivity index (χ1n) is 6.66. The Bertz CT molecular complexity index is 243. The number of aliphatic hydroxyl groups is 1. The number of aliphatic hydroxyl groups excluding tert-OH is 1. The molecule has 0 heterocycles. The molecule has 2 N–H and O–H groups in total. The smallest absolute Gasteiger partial charge is 0.305 e. The minimum absolute atomic E-state index is 0.000756. The molecule has 1 unspecified atom stereocenters. The Morgan fingerprint density at radius 3 is 2.61 bits per heavy atom. The molecule has 0 fully saturated rings. The van der Waals surface area contributed by atoms with E-state index in [9.17, 15) is 9.59 Å². The second-order valence-corrected chi connectivity index (χ2v) is 4.36. The van der Waals surface area contributed by atoms with Gasteiger partial charge in [-0.3, -0.25) is 9.59 Å². The van der Waals surface area contributed by atoms with Gasteiger partial charge in [0.1, 0.15) is 6.61 Å². The highest BCUT2D eigenvalue weighted by Gasteiger charge is 2.09. The zero-order valence-corrected chi connectivity index (χ0v) is 11.4. The zero-order valence-electron chi connectivity index (χ0n) is 11.4. The summed E-state index contributed by atoms with van der Waals surface area (Å²) in [5.74, 6) is -0.249. The quantitative estimate of drug-likeness (QED) is 0.457. The van der Waals surface area contributed by atoms with Crippen LogP contribution in [0.1, 0.15) is 46.0 Å². The van der Waals surface area contributed by atoms with Crippen LogP contribution < -0.4 is 5.32 Å². The van der Waals surface area contributed by atoms with Crippen LogP contribution in [0, 0.1) is 5.92 Å². The monoisotopic (exact) mass is 259 g/mol. The van der Waals surface area contributed by atoms with Crippen molar-refractivity contribution in [2.45, 2.75) is 46.0 Å². The molecule has 0 aromatic carbocycles. The number of hydrogen-bond donors (Lipinski definition) is 2. The molecule has 18 heavy (non-hydrogen) atoms. The molecule has 0 aliphatic carbocycles. The van der Waals surface area contributed by atoms with Gasteiger partial charge in [0.25, 0.3) is 0 Å². The summed E-state index contributed by atoms with van der Waals surface area (Å²) in [6, 6.07) is 0. The van der Waals surface area contributed by atoms with Crippen molar-refractivity contribution in [2.75, 3.05) is 19.8 Å². The fourth-order valence-electron chi connectivity index (χ4n) is 1.33. The molecule has 0 aliphatic rings. The Kier molecular flexibility index (Phi) is 10.3. The minimum atomic E-state index is -0.245. The first-order chi connectivity index (χ1) is 8.61. The van der Waals surface area contributed by atoms with Gasteiger partial charge in [0.15, 0.2) is 0 Å². The molecule has 0 saturated heterocycles. The lowest BCUT2D eigenvalue weighted by atomic mass is 10.1. The lowest BCUT2D eigenvalue weighted by molar-refractivity contribution is -0.144. The number of ether oxygens (including phenoxy) is 1. The Morgan fingerprint density at radius 1 is 1.28 bits per heavy atom. The highest BCUT2D eigenvalue weighted by atomic mass is 16.5. The van der Waals surface area contributed by atoms with Gasteiger partial charge in [-0.05, 0) is 19.3 Å². The maximum atomic E-state index is 11.4. The molecule has 0 aromatic heterocycles. The summed E-state index contributed by atoms with van der Waals surface area (Å²) < 4.78 is 4.97. The summed E-state index contributed by atoms with van der Waals surface area (Å²) in [5, 5.41) is 11.3. The fraction of sp³-hybridized carbons (Fsp3) is 0.846. The predicted octanol–water partition coefficient (Wildman–Crippen LogP) is 1.24. The summed E-state index contributed by atoms with van der Waals surface area (Å²) in [5.41, 5.74) is 0. The molecule has 0 saturated carbocycles. The summed E-state index contributed by atoms with van der Waals surface area (Å²) in [6.45, 7) is 4.57. The molecule has 1 atom stereocenters. The van der Waals surface area contributed by atoms with E-state index in [1.54, 1.807) is 0 Å². The molecule has 0 bridgehead atoms. The summed E-state index contributed by atoms with van der Waals surface area (Å²) >= 11 is 0. The van der Waals surface area contributed by atoms with Crippen molar-refractivity contribution in [3.63, 3.8) is 0 Å². The zero-order chi connectivity index (χ0) is 13.8. The van der Waals surface area contributed by atoms with Crippen LogP contribution in [0.3, 0.4) is 0 Å². The summed E-state index contributed by atoms with van der Waals surface area (Å²) in [6.07, 6.45) is 3.46. The van der Waals surface area contributed by atoms with E-state index in [1.165, 1.54) is 0 Å². The van der Waals surface area contributed by atoms with Crippen LogP contribution in [0.15, 0.2) is 0 Å². The van der Waals surface area contributed by atoms with E-state index in [0.717, 1.165) is 25.7 Å². The van der Waals surface area contributed by atoms with E-state index in [1.807, 2.05) is 13.8 Å². The van der Waals surface area contributed by atoms with E-state index >= 15 is 0 Å². The van der Waals surface area contributed by atoms with E-state index in [2.05, 4.69) is 5.32 Å². The largest absolute Gasteiger partial charge is 0.464 e. The summed E-state index contributed by atoms with van der Waals surface area (Å²) in [4.78, 5) is 22.6. The predicted molar refractivity (Wildman–Crippen MR) is 69.0 cm³/mol. The molecule has 0 rings (SSSR count). The van der Waals surface area contributed by atoms with Gasteiger partial charge in [0.05, 0.1) is 6.54 Å². The van der Waals surface area contributed by atoms with E-state index < -0.39 is 0 Å². The average molecular weight is 259 g/mol. The molecule has 0 aromatic rings. The molecular formula is C13H25NO4. The van der Waals surface area contributed by atoms with Gasteiger partial charge in [-0.2, -0.15) is 0 Å². The SMILES string of the molecule is CCC(C)C(=O)NCCOC(=O)CCCCCO. The van der Waals surface area contributed by atoms with Crippen molar-refractivity contribution in [3.8, 4) is 0 Å². The van der Waals surface area contributed by atoms with Crippen molar-refractivity contribution < 1.29 is 19.4 Å². The van der Waals surface area contributed by atoms with Gasteiger partial charge in [-0.1, -0.05) is 20.3 Å². The van der Waals surface area contributed by atoms with Gasteiger partial charge in [0.2, 0.25) is 5.91 Å². The third-order valence-electron chi connectivity index (χ3n) is 2.76. The molecular weight excluding hydrogens is 234 g/mol. The second kappa shape index (κ2) is 11.0. The standard InChI is InChI=1S/C13H25NO4/c1-3-11(2)13(17)14-8-10-18-12(16)7-5-4-6-9-15/h11,15H,3-10H2,1-2H3,(H,14,17). The molecule has 0 aliphatic heterocycles. The Labute approximate surface area is 109 Å². The van der Waals surface area contributed by atoms with Gasteiger partial charge in [-0.25, -0.2) is 0 Å².